The summed E-state index contributed by atoms with van der Waals surface area (Å²) in [7, 11) is 1.27. The van der Waals surface area contributed by atoms with Crippen LogP contribution in [0.15, 0.2) is 24.3 Å². The van der Waals surface area contributed by atoms with Gasteiger partial charge in [-0.3, -0.25) is 0 Å². The Balaban J connectivity index is 2.89. The number of methoxy groups -OCH3 is 1. The molecular formula is C17H19FN2O3. The molecule has 3 N–H and O–H groups in total. The number of anilines is 1. The minimum absolute atomic E-state index is 0.0849. The highest BCUT2D eigenvalue weighted by atomic mass is 19.1. The molecule has 6 heteroatoms. The van der Waals surface area contributed by atoms with Gasteiger partial charge in [0.05, 0.1) is 25.0 Å². The average Bonchev–Trinajstić information content (AvgIpc) is 2.53. The SMILES string of the molecule is COC(=O)c1c(C(C)C)nc(N)c(CO)c1-c1ccc(F)cc1. The molecule has 0 atom stereocenters. The number of carbonyl (C=O) groups excluding carboxylic acids is 1. The normalized spacial score (nSPS) is 10.9. The van der Waals surface area contributed by atoms with Gasteiger partial charge in [0.2, 0.25) is 0 Å². The van der Waals surface area contributed by atoms with Crippen LogP contribution in [0.2, 0.25) is 0 Å². The highest BCUT2D eigenvalue weighted by Crippen LogP contribution is 2.35. The lowest BCUT2D eigenvalue weighted by molar-refractivity contribution is 0.0599. The molecule has 1 aromatic carbocycles. The van der Waals surface area contributed by atoms with Crippen molar-refractivity contribution in [1.29, 1.82) is 0 Å². The molecule has 0 saturated carbocycles. The minimum Gasteiger partial charge on any atom is -0.465 e. The fourth-order valence-corrected chi connectivity index (χ4v) is 2.48. The molecule has 0 spiro atoms. The van der Waals surface area contributed by atoms with Gasteiger partial charge in [-0.1, -0.05) is 26.0 Å². The number of nitrogen functional groups attached to an aromatic ring is 1. The molecule has 0 saturated heterocycles. The number of pyridine rings is 1. The molecule has 0 aliphatic carbocycles. The van der Waals surface area contributed by atoms with Gasteiger partial charge in [0.15, 0.2) is 0 Å². The molecule has 1 heterocycles. The molecule has 2 aromatic rings. The van der Waals surface area contributed by atoms with Gasteiger partial charge in [-0.25, -0.2) is 14.2 Å². The first-order valence-electron chi connectivity index (χ1n) is 7.18. The Morgan fingerprint density at radius 2 is 1.96 bits per heavy atom. The third-order valence-corrected chi connectivity index (χ3v) is 3.59. The predicted molar refractivity (Wildman–Crippen MR) is 85.4 cm³/mol. The minimum atomic E-state index is -0.574. The second-order valence-electron chi connectivity index (χ2n) is 5.42. The molecule has 0 unspecified atom stereocenters. The summed E-state index contributed by atoms with van der Waals surface area (Å²) >= 11 is 0. The number of ether oxygens (including phenoxy) is 1. The molecule has 0 aliphatic heterocycles. The van der Waals surface area contributed by atoms with E-state index in [2.05, 4.69) is 4.98 Å². The Labute approximate surface area is 133 Å². The number of benzene rings is 1. The van der Waals surface area contributed by atoms with E-state index in [1.165, 1.54) is 31.4 Å². The lowest BCUT2D eigenvalue weighted by atomic mass is 9.90. The lowest BCUT2D eigenvalue weighted by Gasteiger charge is -2.19. The van der Waals surface area contributed by atoms with Gasteiger partial charge >= 0.3 is 5.97 Å². The number of aliphatic hydroxyl groups excluding tert-OH is 1. The zero-order valence-corrected chi connectivity index (χ0v) is 13.3. The third kappa shape index (κ3) is 3.17. The smallest absolute Gasteiger partial charge is 0.340 e. The molecular weight excluding hydrogens is 299 g/mol. The fraction of sp³-hybridized carbons (Fsp3) is 0.294. The average molecular weight is 318 g/mol. The molecule has 0 radical (unpaired) electrons. The quantitative estimate of drug-likeness (QED) is 0.847. The molecule has 122 valence electrons. The molecule has 2 rings (SSSR count). The molecule has 23 heavy (non-hydrogen) atoms. The Hall–Kier alpha value is -2.47. The molecule has 0 amide bonds. The largest absolute Gasteiger partial charge is 0.465 e. The van der Waals surface area contributed by atoms with Crippen LogP contribution in [0.1, 0.15) is 41.4 Å². The van der Waals surface area contributed by atoms with Crippen molar-refractivity contribution in [3.05, 3.63) is 46.9 Å². The number of carbonyl (C=O) groups is 1. The van der Waals surface area contributed by atoms with Gasteiger partial charge in [0.25, 0.3) is 0 Å². The summed E-state index contributed by atoms with van der Waals surface area (Å²) in [6.07, 6.45) is 0. The number of nitrogens with zero attached hydrogens (tertiary/aromatic N) is 1. The summed E-state index contributed by atoms with van der Waals surface area (Å²) in [4.78, 5) is 16.6. The second-order valence-corrected chi connectivity index (χ2v) is 5.42. The van der Waals surface area contributed by atoms with Crippen LogP contribution in [0.25, 0.3) is 11.1 Å². The molecule has 0 bridgehead atoms. The van der Waals surface area contributed by atoms with Gasteiger partial charge in [-0.05, 0) is 23.6 Å². The number of aromatic nitrogens is 1. The number of hydrogen-bond acceptors (Lipinski definition) is 5. The van der Waals surface area contributed by atoms with Gasteiger partial charge in [0.1, 0.15) is 11.6 Å². The maximum absolute atomic E-state index is 13.2. The van der Waals surface area contributed by atoms with Gasteiger partial charge in [-0.2, -0.15) is 0 Å². The summed E-state index contributed by atoms with van der Waals surface area (Å²) in [6, 6.07) is 5.62. The Bertz CT molecular complexity index is 728. The van der Waals surface area contributed by atoms with E-state index in [0.29, 0.717) is 22.4 Å². The van der Waals surface area contributed by atoms with Crippen molar-refractivity contribution in [2.75, 3.05) is 12.8 Å². The van der Waals surface area contributed by atoms with Crippen LogP contribution in [0.3, 0.4) is 0 Å². The van der Waals surface area contributed by atoms with E-state index in [-0.39, 0.29) is 17.3 Å². The van der Waals surface area contributed by atoms with Crippen LogP contribution in [0.5, 0.6) is 0 Å². The van der Waals surface area contributed by atoms with E-state index in [9.17, 15) is 14.3 Å². The molecule has 1 aromatic heterocycles. The molecule has 0 fully saturated rings. The van der Waals surface area contributed by atoms with E-state index >= 15 is 0 Å². The highest BCUT2D eigenvalue weighted by Gasteiger charge is 2.26. The van der Waals surface area contributed by atoms with Crippen molar-refractivity contribution in [2.45, 2.75) is 26.4 Å². The first kappa shape index (κ1) is 16.9. The first-order chi connectivity index (χ1) is 10.9. The number of aliphatic hydroxyl groups is 1. The summed E-state index contributed by atoms with van der Waals surface area (Å²) in [5.41, 5.74) is 7.98. The molecule has 5 nitrogen and oxygen atoms in total. The predicted octanol–water partition coefficient (Wildman–Crippen LogP) is 2.87. The Morgan fingerprint density at radius 3 is 2.43 bits per heavy atom. The molecule has 0 aliphatic rings. The highest BCUT2D eigenvalue weighted by molar-refractivity contribution is 6.00. The maximum atomic E-state index is 13.2. The number of esters is 1. The standard InChI is InChI=1S/C17H19FN2O3/c1-9(2)15-14(17(22)23-3)13(12(8-21)16(19)20-15)10-4-6-11(18)7-5-10/h4-7,9,21H,8H2,1-3H3,(H2,19,20). The summed E-state index contributed by atoms with van der Waals surface area (Å²) in [5.74, 6) is -0.915. The summed E-state index contributed by atoms with van der Waals surface area (Å²) in [6.45, 7) is 3.36. The topological polar surface area (TPSA) is 85.4 Å². The van der Waals surface area contributed by atoms with Crippen LogP contribution in [-0.4, -0.2) is 23.2 Å². The van der Waals surface area contributed by atoms with E-state index in [1.54, 1.807) is 0 Å². The zero-order chi connectivity index (χ0) is 17.1. The van der Waals surface area contributed by atoms with Crippen LogP contribution in [0.4, 0.5) is 10.2 Å². The summed E-state index contributed by atoms with van der Waals surface area (Å²) < 4.78 is 18.1. The number of hydrogen-bond donors (Lipinski definition) is 2. The van der Waals surface area contributed by atoms with Gasteiger partial charge in [-0.15, -0.1) is 0 Å². The van der Waals surface area contributed by atoms with E-state index < -0.39 is 18.4 Å². The van der Waals surface area contributed by atoms with Crippen molar-refractivity contribution in [3.8, 4) is 11.1 Å². The van der Waals surface area contributed by atoms with Crippen molar-refractivity contribution in [3.63, 3.8) is 0 Å². The van der Waals surface area contributed by atoms with Crippen LogP contribution in [-0.2, 0) is 11.3 Å². The van der Waals surface area contributed by atoms with E-state index in [4.69, 9.17) is 10.5 Å². The zero-order valence-electron chi connectivity index (χ0n) is 13.3. The van der Waals surface area contributed by atoms with Crippen LogP contribution < -0.4 is 5.73 Å². The van der Waals surface area contributed by atoms with Crippen molar-refractivity contribution in [2.24, 2.45) is 0 Å². The first-order valence-corrected chi connectivity index (χ1v) is 7.18. The van der Waals surface area contributed by atoms with E-state index in [1.807, 2.05) is 13.8 Å². The number of halogens is 1. The van der Waals surface area contributed by atoms with Crippen LogP contribution >= 0.6 is 0 Å². The monoisotopic (exact) mass is 318 g/mol. The fourth-order valence-electron chi connectivity index (χ4n) is 2.48. The van der Waals surface area contributed by atoms with Crippen molar-refractivity contribution in [1.82, 2.24) is 4.98 Å². The Morgan fingerprint density at radius 1 is 1.35 bits per heavy atom. The Kier molecular flexibility index (Phi) is 4.95. The van der Waals surface area contributed by atoms with E-state index in [0.717, 1.165) is 0 Å². The van der Waals surface area contributed by atoms with Crippen molar-refractivity contribution < 1.29 is 19.0 Å². The second kappa shape index (κ2) is 6.75. The maximum Gasteiger partial charge on any atom is 0.340 e. The van der Waals surface area contributed by atoms with Crippen molar-refractivity contribution >= 4 is 11.8 Å². The third-order valence-electron chi connectivity index (χ3n) is 3.59. The number of rotatable bonds is 4. The number of nitrogens with two attached hydrogens (primary N) is 1. The lowest BCUT2D eigenvalue weighted by Crippen LogP contribution is -2.15. The summed E-state index contributed by atoms with van der Waals surface area (Å²) in [5, 5.41) is 9.68. The van der Waals surface area contributed by atoms with Gasteiger partial charge < -0.3 is 15.6 Å². The van der Waals surface area contributed by atoms with Gasteiger partial charge in [0, 0.05) is 11.1 Å². The van der Waals surface area contributed by atoms with Crippen LogP contribution in [0, 0.1) is 5.82 Å².